The third-order valence-corrected chi connectivity index (χ3v) is 5.05. The molecule has 0 bridgehead atoms. The number of carboxylic acids is 2. The highest BCUT2D eigenvalue weighted by molar-refractivity contribution is 5.84. The number of morpholine rings is 1. The van der Waals surface area contributed by atoms with Crippen LogP contribution in [0.1, 0.15) is 40.0 Å². The van der Waals surface area contributed by atoms with Crippen molar-refractivity contribution in [1.82, 2.24) is 5.06 Å². The van der Waals surface area contributed by atoms with E-state index < -0.39 is 34.2 Å². The van der Waals surface area contributed by atoms with E-state index in [0.29, 0.717) is 26.3 Å². The van der Waals surface area contributed by atoms with Crippen molar-refractivity contribution in [1.29, 1.82) is 0 Å². The second-order valence-electron chi connectivity index (χ2n) is 7.74. The quantitative estimate of drug-likeness (QED) is 0.781. The van der Waals surface area contributed by atoms with Crippen molar-refractivity contribution in [2.45, 2.75) is 40.0 Å². The summed E-state index contributed by atoms with van der Waals surface area (Å²) in [5, 5.41) is 20.6. The molecule has 8 nitrogen and oxygen atoms in total. The number of ether oxygens (including phenoxy) is 1. The van der Waals surface area contributed by atoms with Crippen molar-refractivity contribution in [2.24, 2.45) is 16.2 Å². The average Bonchev–Trinajstić information content (AvgIpc) is 2.46. The lowest BCUT2D eigenvalue weighted by Crippen LogP contribution is -2.53. The highest BCUT2D eigenvalue weighted by Gasteiger charge is 2.58. The highest BCUT2D eigenvalue weighted by atomic mass is 16.7. The second kappa shape index (κ2) is 6.33. The van der Waals surface area contributed by atoms with Crippen molar-refractivity contribution >= 4 is 17.9 Å². The molecule has 24 heavy (non-hydrogen) atoms. The van der Waals surface area contributed by atoms with Gasteiger partial charge in [-0.05, 0) is 40.0 Å². The summed E-state index contributed by atoms with van der Waals surface area (Å²) >= 11 is 0. The van der Waals surface area contributed by atoms with Crippen LogP contribution in [0.3, 0.4) is 0 Å². The van der Waals surface area contributed by atoms with E-state index in [2.05, 4.69) is 0 Å². The van der Waals surface area contributed by atoms with Crippen LogP contribution in [0, 0.1) is 16.2 Å². The van der Waals surface area contributed by atoms with Gasteiger partial charge in [0.25, 0.3) is 0 Å². The molecule has 0 aromatic carbocycles. The van der Waals surface area contributed by atoms with E-state index in [-0.39, 0.29) is 19.3 Å². The van der Waals surface area contributed by atoms with Gasteiger partial charge in [-0.25, -0.2) is 4.79 Å². The monoisotopic (exact) mass is 343 g/mol. The number of rotatable bonds is 4. The lowest BCUT2D eigenvalue weighted by molar-refractivity contribution is -0.222. The average molecular weight is 343 g/mol. The Labute approximate surface area is 140 Å². The number of hydrogen-bond donors (Lipinski definition) is 2. The molecule has 1 aliphatic carbocycles. The summed E-state index contributed by atoms with van der Waals surface area (Å²) in [6.07, 6.45) is 0.0633. The number of carbonyl (C=O) groups excluding carboxylic acids is 1. The standard InChI is InChI=1S/C16H25NO7/c1-14(11(18)19)8-15(2,12(20)21)10-16(3,9-14)13(22)24-17-4-6-23-7-5-17/h4-10H2,1-3H3,(H,18,19)(H,20,21)/t14-,15+,16?. The molecule has 1 heterocycles. The fourth-order valence-electron chi connectivity index (χ4n) is 4.08. The molecule has 1 saturated carbocycles. The maximum absolute atomic E-state index is 12.7. The number of aliphatic carboxylic acids is 2. The molecule has 1 aliphatic heterocycles. The first-order valence-corrected chi connectivity index (χ1v) is 8.03. The van der Waals surface area contributed by atoms with Crippen LogP contribution in [0.25, 0.3) is 0 Å². The van der Waals surface area contributed by atoms with E-state index in [1.165, 1.54) is 18.9 Å². The van der Waals surface area contributed by atoms with Crippen LogP contribution in [0.2, 0.25) is 0 Å². The molecule has 0 amide bonds. The highest BCUT2D eigenvalue weighted by Crippen LogP contribution is 2.55. The smallest absolute Gasteiger partial charge is 0.330 e. The molecule has 0 aromatic heterocycles. The van der Waals surface area contributed by atoms with Crippen LogP contribution in [-0.2, 0) is 24.0 Å². The van der Waals surface area contributed by atoms with E-state index in [1.54, 1.807) is 6.92 Å². The van der Waals surface area contributed by atoms with Crippen molar-refractivity contribution in [3.8, 4) is 0 Å². The van der Waals surface area contributed by atoms with Gasteiger partial charge < -0.3 is 19.8 Å². The summed E-state index contributed by atoms with van der Waals surface area (Å²) in [5.41, 5.74) is -3.79. The molecule has 2 aliphatic rings. The van der Waals surface area contributed by atoms with Crippen LogP contribution in [0.15, 0.2) is 0 Å². The second-order valence-corrected chi connectivity index (χ2v) is 7.74. The lowest BCUT2D eigenvalue weighted by Gasteiger charge is -2.48. The van der Waals surface area contributed by atoms with Gasteiger partial charge in [-0.3, -0.25) is 9.59 Å². The molecular weight excluding hydrogens is 318 g/mol. The Morgan fingerprint density at radius 3 is 1.71 bits per heavy atom. The number of nitrogens with zero attached hydrogens (tertiary/aromatic N) is 1. The molecule has 0 spiro atoms. The topological polar surface area (TPSA) is 113 Å². The number of carboxylic acid groups (broad SMARTS) is 2. The normalized spacial score (nSPS) is 37.6. The SMILES string of the molecule is CC1(C(=O)ON2CCOCC2)C[C@](C)(C(=O)O)C[C@](C)(C(=O)O)C1. The van der Waals surface area contributed by atoms with Gasteiger partial charge in [0.05, 0.1) is 42.5 Å². The molecule has 0 radical (unpaired) electrons. The van der Waals surface area contributed by atoms with Crippen molar-refractivity contribution in [3.63, 3.8) is 0 Å². The van der Waals surface area contributed by atoms with E-state index in [4.69, 9.17) is 9.57 Å². The predicted molar refractivity (Wildman–Crippen MR) is 81.9 cm³/mol. The molecule has 2 N–H and O–H groups in total. The number of hydrogen-bond acceptors (Lipinski definition) is 6. The molecule has 2 fully saturated rings. The predicted octanol–water partition coefficient (Wildman–Crippen LogP) is 1.15. The Kier molecular flexibility index (Phi) is 4.92. The van der Waals surface area contributed by atoms with Gasteiger partial charge in [-0.15, -0.1) is 5.06 Å². The summed E-state index contributed by atoms with van der Waals surface area (Å²) in [5.74, 6) is -2.77. The van der Waals surface area contributed by atoms with Gasteiger partial charge in [0, 0.05) is 0 Å². The largest absolute Gasteiger partial charge is 0.481 e. The zero-order chi connectivity index (χ0) is 18.2. The minimum atomic E-state index is -1.30. The first-order valence-electron chi connectivity index (χ1n) is 8.03. The number of carbonyl (C=O) groups is 3. The van der Waals surface area contributed by atoms with Gasteiger partial charge in [0.15, 0.2) is 0 Å². The Morgan fingerprint density at radius 2 is 1.29 bits per heavy atom. The van der Waals surface area contributed by atoms with Crippen LogP contribution in [-0.4, -0.2) is 59.5 Å². The minimum Gasteiger partial charge on any atom is -0.481 e. The summed E-state index contributed by atoms with van der Waals surface area (Å²) in [7, 11) is 0. The van der Waals surface area contributed by atoms with Crippen molar-refractivity contribution < 1.29 is 34.2 Å². The molecule has 1 saturated heterocycles. The summed E-state index contributed by atoms with van der Waals surface area (Å²) in [6, 6.07) is 0. The first-order chi connectivity index (χ1) is 11.0. The minimum absolute atomic E-state index is 0.0227. The van der Waals surface area contributed by atoms with Gasteiger partial charge in [0.1, 0.15) is 0 Å². The first kappa shape index (κ1) is 18.7. The Morgan fingerprint density at radius 1 is 0.875 bits per heavy atom. The Hall–Kier alpha value is -1.67. The fourth-order valence-corrected chi connectivity index (χ4v) is 4.08. The van der Waals surface area contributed by atoms with Crippen molar-refractivity contribution in [2.75, 3.05) is 26.3 Å². The zero-order valence-electron chi connectivity index (χ0n) is 14.3. The maximum Gasteiger partial charge on any atom is 0.330 e. The Balaban J connectivity index is 2.25. The zero-order valence-corrected chi connectivity index (χ0v) is 14.3. The van der Waals surface area contributed by atoms with Crippen molar-refractivity contribution in [3.05, 3.63) is 0 Å². The summed E-state index contributed by atoms with van der Waals surface area (Å²) < 4.78 is 5.19. The van der Waals surface area contributed by atoms with Crippen LogP contribution < -0.4 is 0 Å². The summed E-state index contributed by atoms with van der Waals surface area (Å²) in [6.45, 7) is 6.36. The number of hydroxylamine groups is 2. The van der Waals surface area contributed by atoms with E-state index in [1.807, 2.05) is 0 Å². The third-order valence-electron chi connectivity index (χ3n) is 5.05. The molecule has 2 rings (SSSR count). The molecule has 136 valence electrons. The Bertz CT molecular complexity index is 515. The van der Waals surface area contributed by atoms with Gasteiger partial charge >= 0.3 is 17.9 Å². The fraction of sp³-hybridized carbons (Fsp3) is 0.812. The lowest BCUT2D eigenvalue weighted by atomic mass is 9.54. The molecular formula is C16H25NO7. The third kappa shape index (κ3) is 3.54. The molecule has 0 aromatic rings. The van der Waals surface area contributed by atoms with E-state index in [9.17, 15) is 24.6 Å². The maximum atomic E-state index is 12.7. The molecule has 1 unspecified atom stereocenters. The van der Waals surface area contributed by atoms with Crippen LogP contribution >= 0.6 is 0 Å². The van der Waals surface area contributed by atoms with Crippen LogP contribution in [0.4, 0.5) is 0 Å². The van der Waals surface area contributed by atoms with Gasteiger partial charge in [-0.1, -0.05) is 0 Å². The molecule has 3 atom stereocenters. The van der Waals surface area contributed by atoms with Gasteiger partial charge in [-0.2, -0.15) is 0 Å². The van der Waals surface area contributed by atoms with E-state index in [0.717, 1.165) is 0 Å². The van der Waals surface area contributed by atoms with Gasteiger partial charge in [0.2, 0.25) is 0 Å². The van der Waals surface area contributed by atoms with E-state index >= 15 is 0 Å². The molecule has 8 heteroatoms. The summed E-state index contributed by atoms with van der Waals surface area (Å²) in [4.78, 5) is 41.6. The van der Waals surface area contributed by atoms with Crippen LogP contribution in [0.5, 0.6) is 0 Å².